The Morgan fingerprint density at radius 1 is 1.24 bits per heavy atom. The van der Waals surface area contributed by atoms with Gasteiger partial charge in [0, 0.05) is 12.1 Å². The van der Waals surface area contributed by atoms with Crippen LogP contribution in [0.1, 0.15) is 20.8 Å². The number of aromatic nitrogens is 2. The lowest BCUT2D eigenvalue weighted by atomic mass is 10.2. The van der Waals surface area contributed by atoms with Gasteiger partial charge >= 0.3 is 12.2 Å². The fraction of sp³-hybridized carbons (Fsp3) is 0.267. The zero-order valence-electron chi connectivity index (χ0n) is 13.8. The van der Waals surface area contributed by atoms with Crippen molar-refractivity contribution in [3.05, 3.63) is 46.8 Å². The average Bonchev–Trinajstić information content (AvgIpc) is 2.94. The molecule has 1 heterocycles. The molecule has 0 aliphatic rings. The normalized spacial score (nSPS) is 10.8. The van der Waals surface area contributed by atoms with Gasteiger partial charge in [-0.25, -0.2) is 9.59 Å². The number of nitro groups is 1. The molecule has 0 unspecified atom stereocenters. The lowest BCUT2D eigenvalue weighted by Gasteiger charge is -2.18. The molecule has 132 valence electrons. The minimum absolute atomic E-state index is 0.119. The Morgan fingerprint density at radius 2 is 1.88 bits per heavy atom. The van der Waals surface area contributed by atoms with Crippen molar-refractivity contribution < 1.29 is 24.0 Å². The van der Waals surface area contributed by atoms with Gasteiger partial charge in [-0.1, -0.05) is 0 Å². The van der Waals surface area contributed by atoms with Crippen LogP contribution in [0.25, 0.3) is 0 Å². The summed E-state index contributed by atoms with van der Waals surface area (Å²) in [4.78, 5) is 33.6. The summed E-state index contributed by atoms with van der Waals surface area (Å²) in [6.45, 7) is 5.15. The Morgan fingerprint density at radius 3 is 2.44 bits per heavy atom. The molecule has 0 aliphatic carbocycles. The van der Waals surface area contributed by atoms with Crippen LogP contribution in [0.15, 0.2) is 36.7 Å². The largest absolute Gasteiger partial charge is 0.442 e. The minimum Gasteiger partial charge on any atom is -0.442 e. The number of hydrogen-bond donors (Lipinski definition) is 1. The third-order valence-electron chi connectivity index (χ3n) is 2.67. The lowest BCUT2D eigenvalue weighted by molar-refractivity contribution is -0.384. The van der Waals surface area contributed by atoms with Gasteiger partial charge in [-0.3, -0.25) is 15.4 Å². The molecule has 0 saturated carbocycles. The number of carbonyl (C=O) groups is 2. The van der Waals surface area contributed by atoms with Gasteiger partial charge in [0.05, 0.1) is 23.0 Å². The number of ether oxygens (including phenoxy) is 2. The number of nitrogens with one attached hydrogen (secondary N) is 1. The summed E-state index contributed by atoms with van der Waals surface area (Å²) in [5.74, 6) is 0.127. The second-order valence-electron chi connectivity index (χ2n) is 5.92. The summed E-state index contributed by atoms with van der Waals surface area (Å²) in [5.41, 5.74) is -0.574. The number of nitro benzene ring substituents is 1. The molecule has 1 aromatic heterocycles. The van der Waals surface area contributed by atoms with Crippen LogP contribution in [-0.4, -0.2) is 32.5 Å². The van der Waals surface area contributed by atoms with Gasteiger partial charge in [0.15, 0.2) is 0 Å². The highest BCUT2D eigenvalue weighted by molar-refractivity contribution is 5.86. The van der Waals surface area contributed by atoms with Crippen LogP contribution < -0.4 is 10.1 Å². The number of non-ortho nitro benzene ring substituents is 1. The second-order valence-corrected chi connectivity index (χ2v) is 5.92. The van der Waals surface area contributed by atoms with Crippen molar-refractivity contribution in [2.75, 3.05) is 5.32 Å². The molecule has 0 bridgehead atoms. The number of benzene rings is 1. The molecule has 0 atom stereocenters. The smallest absolute Gasteiger partial charge is 0.435 e. The van der Waals surface area contributed by atoms with Gasteiger partial charge in [-0.15, -0.1) is 0 Å². The van der Waals surface area contributed by atoms with Gasteiger partial charge in [-0.05, 0) is 32.9 Å². The van der Waals surface area contributed by atoms with E-state index in [1.54, 1.807) is 20.8 Å². The maximum Gasteiger partial charge on any atom is 0.435 e. The van der Waals surface area contributed by atoms with Crippen LogP contribution in [0.2, 0.25) is 0 Å². The Balaban J connectivity index is 1.95. The Hall–Kier alpha value is -3.43. The van der Waals surface area contributed by atoms with E-state index in [-0.39, 0.29) is 17.1 Å². The van der Waals surface area contributed by atoms with E-state index in [0.29, 0.717) is 0 Å². The summed E-state index contributed by atoms with van der Waals surface area (Å²) in [6.07, 6.45) is 0.994. The number of hydrogen-bond acceptors (Lipinski definition) is 7. The average molecular weight is 348 g/mol. The van der Waals surface area contributed by atoms with Gasteiger partial charge in [0.25, 0.3) is 5.69 Å². The first-order valence-electron chi connectivity index (χ1n) is 7.15. The first-order valence-corrected chi connectivity index (χ1v) is 7.15. The molecule has 1 aromatic carbocycles. The molecule has 0 aliphatic heterocycles. The van der Waals surface area contributed by atoms with E-state index >= 15 is 0 Å². The van der Waals surface area contributed by atoms with E-state index in [1.165, 1.54) is 36.7 Å². The number of anilines is 1. The Kier molecular flexibility index (Phi) is 5.01. The van der Waals surface area contributed by atoms with Crippen molar-refractivity contribution in [3.8, 4) is 5.75 Å². The van der Waals surface area contributed by atoms with Crippen LogP contribution in [0.3, 0.4) is 0 Å². The molecule has 2 aromatic rings. The molecule has 10 nitrogen and oxygen atoms in total. The van der Waals surface area contributed by atoms with Crippen molar-refractivity contribution in [1.82, 2.24) is 9.78 Å². The van der Waals surface area contributed by atoms with Crippen molar-refractivity contribution in [2.24, 2.45) is 0 Å². The molecule has 1 amide bonds. The second kappa shape index (κ2) is 6.99. The minimum atomic E-state index is -0.836. The predicted octanol–water partition coefficient (Wildman–Crippen LogP) is 3.19. The number of rotatable bonds is 3. The number of nitrogens with zero attached hydrogens (tertiary/aromatic N) is 3. The van der Waals surface area contributed by atoms with Crippen LogP contribution in [0.4, 0.5) is 21.0 Å². The zero-order valence-corrected chi connectivity index (χ0v) is 13.8. The topological polar surface area (TPSA) is 126 Å². The standard InChI is InChI=1S/C15H16N4O6/c1-15(2,3)25-14(21)18-9-10(8-16-18)17-13(20)24-12-6-4-11(5-7-12)19(22)23/h4-9H,1-3H3,(H,17,20). The van der Waals surface area contributed by atoms with Crippen molar-refractivity contribution in [2.45, 2.75) is 26.4 Å². The molecule has 0 saturated heterocycles. The molecule has 0 spiro atoms. The highest BCUT2D eigenvalue weighted by Crippen LogP contribution is 2.18. The van der Waals surface area contributed by atoms with E-state index in [1.807, 2.05) is 0 Å². The quantitative estimate of drug-likeness (QED) is 0.666. The molecule has 25 heavy (non-hydrogen) atoms. The van der Waals surface area contributed by atoms with Gasteiger partial charge in [0.2, 0.25) is 0 Å². The van der Waals surface area contributed by atoms with E-state index in [4.69, 9.17) is 9.47 Å². The third kappa shape index (κ3) is 5.30. The summed E-state index contributed by atoms with van der Waals surface area (Å²) < 4.78 is 11.0. The fourth-order valence-electron chi connectivity index (χ4n) is 1.68. The fourth-order valence-corrected chi connectivity index (χ4v) is 1.68. The first kappa shape index (κ1) is 17.9. The van der Waals surface area contributed by atoms with Crippen molar-refractivity contribution in [3.63, 3.8) is 0 Å². The summed E-state index contributed by atoms with van der Waals surface area (Å²) >= 11 is 0. The number of amides is 1. The van der Waals surface area contributed by atoms with Crippen LogP contribution in [-0.2, 0) is 4.74 Å². The lowest BCUT2D eigenvalue weighted by Crippen LogP contribution is -2.27. The van der Waals surface area contributed by atoms with Gasteiger partial charge in [0.1, 0.15) is 11.4 Å². The molecule has 10 heteroatoms. The maximum absolute atomic E-state index is 11.8. The van der Waals surface area contributed by atoms with E-state index in [2.05, 4.69) is 10.4 Å². The zero-order chi connectivity index (χ0) is 18.6. The summed E-state index contributed by atoms with van der Waals surface area (Å²) in [6, 6.07) is 5.01. The first-order chi connectivity index (χ1) is 11.6. The van der Waals surface area contributed by atoms with Gasteiger partial charge in [-0.2, -0.15) is 9.78 Å². The van der Waals surface area contributed by atoms with Crippen molar-refractivity contribution in [1.29, 1.82) is 0 Å². The monoisotopic (exact) mass is 348 g/mol. The highest BCUT2D eigenvalue weighted by Gasteiger charge is 2.19. The van der Waals surface area contributed by atoms with Gasteiger partial charge < -0.3 is 9.47 Å². The maximum atomic E-state index is 11.8. The molecular formula is C15H16N4O6. The van der Waals surface area contributed by atoms with E-state index < -0.39 is 22.7 Å². The summed E-state index contributed by atoms with van der Waals surface area (Å²) in [7, 11) is 0. The van der Waals surface area contributed by atoms with E-state index in [0.717, 1.165) is 4.68 Å². The Bertz CT molecular complexity index is 791. The molecule has 1 N–H and O–H groups in total. The molecule has 0 radical (unpaired) electrons. The third-order valence-corrected chi connectivity index (χ3v) is 2.67. The predicted molar refractivity (Wildman–Crippen MR) is 86.6 cm³/mol. The van der Waals surface area contributed by atoms with E-state index in [9.17, 15) is 19.7 Å². The molecular weight excluding hydrogens is 332 g/mol. The van der Waals surface area contributed by atoms with Crippen molar-refractivity contribution >= 4 is 23.6 Å². The molecule has 0 fully saturated rings. The van der Waals surface area contributed by atoms with Crippen LogP contribution in [0.5, 0.6) is 5.75 Å². The number of carbonyl (C=O) groups excluding carboxylic acids is 2. The highest BCUT2D eigenvalue weighted by atomic mass is 16.6. The SMILES string of the molecule is CC(C)(C)OC(=O)n1cc(NC(=O)Oc2ccc([N+](=O)[O-])cc2)cn1. The van der Waals surface area contributed by atoms with Crippen LogP contribution >= 0.6 is 0 Å². The Labute approximate surface area is 142 Å². The molecule has 2 rings (SSSR count). The summed E-state index contributed by atoms with van der Waals surface area (Å²) in [5, 5.41) is 16.7. The van der Waals surface area contributed by atoms with Crippen LogP contribution in [0, 0.1) is 10.1 Å².